The van der Waals surface area contributed by atoms with Gasteiger partial charge in [-0.05, 0) is 35.9 Å². The van der Waals surface area contributed by atoms with Gasteiger partial charge in [-0.1, -0.05) is 18.2 Å². The molecule has 0 fully saturated rings. The number of hydrogen-bond donors (Lipinski definition) is 0. The molecule has 0 aromatic heterocycles. The Kier molecular flexibility index (Phi) is 3.74. The lowest BCUT2D eigenvalue weighted by atomic mass is 10.1. The van der Waals surface area contributed by atoms with E-state index in [0.29, 0.717) is 17.4 Å². The lowest BCUT2D eigenvalue weighted by Crippen LogP contribution is -2.08. The molecule has 2 rings (SSSR count). The van der Waals surface area contributed by atoms with E-state index in [4.69, 9.17) is 4.74 Å². The maximum Gasteiger partial charge on any atom is 0.419 e. The Bertz CT molecular complexity index is 549. The highest BCUT2D eigenvalue weighted by Gasteiger charge is 2.33. The number of hydrogen-bond acceptors (Lipinski definition) is 1. The number of halogens is 4. The fourth-order valence-electron chi connectivity index (χ4n) is 1.51. The summed E-state index contributed by atoms with van der Waals surface area (Å²) < 4.78 is 55.7. The van der Waals surface area contributed by atoms with E-state index >= 15 is 0 Å². The Labute approximate surface area is 107 Å². The number of alkyl halides is 3. The highest BCUT2D eigenvalue weighted by atomic mass is 19.4. The first-order valence-corrected chi connectivity index (χ1v) is 5.41. The lowest BCUT2D eigenvalue weighted by Gasteiger charge is -2.10. The Balaban J connectivity index is 2.09. The highest BCUT2D eigenvalue weighted by Crippen LogP contribution is 2.31. The Morgan fingerprint density at radius 3 is 2.32 bits per heavy atom. The minimum Gasteiger partial charge on any atom is -0.489 e. The largest absolute Gasteiger partial charge is 0.489 e. The van der Waals surface area contributed by atoms with Crippen molar-refractivity contribution < 1.29 is 22.3 Å². The van der Waals surface area contributed by atoms with E-state index < -0.39 is 17.6 Å². The zero-order chi connectivity index (χ0) is 13.9. The van der Waals surface area contributed by atoms with Gasteiger partial charge in [0.05, 0.1) is 5.56 Å². The fourth-order valence-corrected chi connectivity index (χ4v) is 1.51. The van der Waals surface area contributed by atoms with Gasteiger partial charge in [0.15, 0.2) is 0 Å². The zero-order valence-electron chi connectivity index (χ0n) is 9.67. The maximum atomic E-state index is 13.3. The molecule has 0 heterocycles. The predicted octanol–water partition coefficient (Wildman–Crippen LogP) is 4.22. The van der Waals surface area contributed by atoms with Crippen LogP contribution in [0.4, 0.5) is 17.6 Å². The van der Waals surface area contributed by atoms with Gasteiger partial charge < -0.3 is 4.74 Å². The second kappa shape index (κ2) is 5.30. The average molecular weight is 269 g/mol. The molecule has 0 N–H and O–H groups in total. The maximum absolute atomic E-state index is 13.3. The summed E-state index contributed by atoms with van der Waals surface area (Å²) in [5.74, 6) is -0.756. The molecule has 0 bridgehead atoms. The number of benzene rings is 2. The molecule has 5 heteroatoms. The van der Waals surface area contributed by atoms with Crippen molar-refractivity contribution in [3.05, 3.63) is 65.5 Å². The number of ether oxygens (including phenoxy) is 1. The smallest absolute Gasteiger partial charge is 0.419 e. The molecular formula is C14H9F4O. The Hall–Kier alpha value is -2.04. The van der Waals surface area contributed by atoms with Crippen molar-refractivity contribution in [2.45, 2.75) is 12.8 Å². The highest BCUT2D eigenvalue weighted by molar-refractivity contribution is 5.27. The lowest BCUT2D eigenvalue weighted by molar-refractivity contribution is -0.140. The molecule has 0 aliphatic heterocycles. The SMILES string of the molecule is Fc1cc(COc2cc[c]cc2)ccc1C(F)(F)F. The van der Waals surface area contributed by atoms with E-state index in [1.54, 1.807) is 24.3 Å². The quantitative estimate of drug-likeness (QED) is 0.758. The first-order chi connectivity index (χ1) is 8.97. The molecule has 0 spiro atoms. The van der Waals surface area contributed by atoms with Gasteiger partial charge in [-0.3, -0.25) is 0 Å². The van der Waals surface area contributed by atoms with Crippen LogP contribution in [0.15, 0.2) is 42.5 Å². The summed E-state index contributed by atoms with van der Waals surface area (Å²) in [6, 6.07) is 12.1. The van der Waals surface area contributed by atoms with Crippen molar-refractivity contribution >= 4 is 0 Å². The van der Waals surface area contributed by atoms with Crippen molar-refractivity contribution in [1.82, 2.24) is 0 Å². The van der Waals surface area contributed by atoms with Gasteiger partial charge in [0, 0.05) is 0 Å². The molecule has 99 valence electrons. The van der Waals surface area contributed by atoms with E-state index in [9.17, 15) is 17.6 Å². The van der Waals surface area contributed by atoms with E-state index in [0.717, 1.165) is 6.07 Å². The van der Waals surface area contributed by atoms with Crippen molar-refractivity contribution in [3.63, 3.8) is 0 Å². The molecule has 0 unspecified atom stereocenters. The molecule has 0 amide bonds. The van der Waals surface area contributed by atoms with Gasteiger partial charge in [-0.2, -0.15) is 13.2 Å². The normalized spacial score (nSPS) is 11.4. The third-order valence-electron chi connectivity index (χ3n) is 2.43. The van der Waals surface area contributed by atoms with Crippen LogP contribution in [0.1, 0.15) is 11.1 Å². The van der Waals surface area contributed by atoms with E-state index in [1.165, 1.54) is 6.07 Å². The van der Waals surface area contributed by atoms with Gasteiger partial charge >= 0.3 is 6.18 Å². The summed E-state index contributed by atoms with van der Waals surface area (Å²) in [4.78, 5) is 0. The Morgan fingerprint density at radius 1 is 1.05 bits per heavy atom. The van der Waals surface area contributed by atoms with Gasteiger partial charge in [0.2, 0.25) is 0 Å². The third-order valence-corrected chi connectivity index (χ3v) is 2.43. The summed E-state index contributed by atoms with van der Waals surface area (Å²) in [5.41, 5.74) is -0.941. The molecule has 19 heavy (non-hydrogen) atoms. The Morgan fingerprint density at radius 2 is 1.74 bits per heavy atom. The summed E-state index contributed by atoms with van der Waals surface area (Å²) in [6.07, 6.45) is -4.68. The molecule has 0 aliphatic carbocycles. The molecule has 2 aromatic carbocycles. The molecule has 1 radical (unpaired) electrons. The van der Waals surface area contributed by atoms with Crippen LogP contribution in [0.5, 0.6) is 5.75 Å². The van der Waals surface area contributed by atoms with Gasteiger partial charge in [0.25, 0.3) is 0 Å². The summed E-state index contributed by atoms with van der Waals surface area (Å²) in [6.45, 7) is -0.000922. The second-order valence-electron chi connectivity index (χ2n) is 3.84. The number of rotatable bonds is 3. The monoisotopic (exact) mass is 269 g/mol. The van der Waals surface area contributed by atoms with Crippen molar-refractivity contribution in [3.8, 4) is 5.75 Å². The fraction of sp³-hybridized carbons (Fsp3) is 0.143. The van der Waals surface area contributed by atoms with Crippen LogP contribution in [-0.2, 0) is 12.8 Å². The van der Waals surface area contributed by atoms with Gasteiger partial charge in [-0.25, -0.2) is 4.39 Å². The van der Waals surface area contributed by atoms with Gasteiger partial charge in [-0.15, -0.1) is 0 Å². The zero-order valence-corrected chi connectivity index (χ0v) is 9.67. The van der Waals surface area contributed by atoms with Crippen LogP contribution in [0.25, 0.3) is 0 Å². The van der Waals surface area contributed by atoms with E-state index in [2.05, 4.69) is 6.07 Å². The van der Waals surface area contributed by atoms with Gasteiger partial charge in [0.1, 0.15) is 18.2 Å². The molecule has 2 aromatic rings. The summed E-state index contributed by atoms with van der Waals surface area (Å²) in [7, 11) is 0. The molecule has 0 aliphatic rings. The van der Waals surface area contributed by atoms with E-state index in [-0.39, 0.29) is 6.61 Å². The van der Waals surface area contributed by atoms with Crippen LogP contribution >= 0.6 is 0 Å². The molecular weight excluding hydrogens is 260 g/mol. The molecule has 0 saturated carbocycles. The topological polar surface area (TPSA) is 9.23 Å². The minimum absolute atomic E-state index is 0.000922. The first-order valence-electron chi connectivity index (χ1n) is 5.41. The second-order valence-corrected chi connectivity index (χ2v) is 3.84. The summed E-state index contributed by atoms with van der Waals surface area (Å²) >= 11 is 0. The standard InChI is InChI=1S/C14H9F4O/c15-13-8-10(6-7-12(13)14(16,17)18)9-19-11-4-2-1-3-5-11/h2-8H,9H2. The molecule has 0 saturated heterocycles. The van der Waals surface area contributed by atoms with Crippen LogP contribution < -0.4 is 4.74 Å². The summed E-state index contributed by atoms with van der Waals surface area (Å²) in [5, 5.41) is 0. The first kappa shape index (κ1) is 13.4. The van der Waals surface area contributed by atoms with Crippen LogP contribution in [-0.4, -0.2) is 0 Å². The predicted molar refractivity (Wildman–Crippen MR) is 61.0 cm³/mol. The van der Waals surface area contributed by atoms with Crippen molar-refractivity contribution in [2.24, 2.45) is 0 Å². The van der Waals surface area contributed by atoms with Crippen LogP contribution in [0.3, 0.4) is 0 Å². The molecule has 0 atom stereocenters. The third kappa shape index (κ3) is 3.47. The van der Waals surface area contributed by atoms with Crippen LogP contribution in [0, 0.1) is 11.9 Å². The van der Waals surface area contributed by atoms with E-state index in [1.807, 2.05) is 0 Å². The molecule has 1 nitrogen and oxygen atoms in total. The minimum atomic E-state index is -4.68. The average Bonchev–Trinajstić information content (AvgIpc) is 2.36. The van der Waals surface area contributed by atoms with Crippen LogP contribution in [0.2, 0.25) is 0 Å². The van der Waals surface area contributed by atoms with Crippen molar-refractivity contribution in [1.29, 1.82) is 0 Å². The van der Waals surface area contributed by atoms with Crippen molar-refractivity contribution in [2.75, 3.05) is 0 Å².